The number of halogens is 3. The van der Waals surface area contributed by atoms with Crippen molar-refractivity contribution < 1.29 is 28.2 Å². The molecule has 0 aliphatic heterocycles. The molecule has 2 aromatic carbocycles. The minimum Gasteiger partial charge on any atom is -0.496 e. The van der Waals surface area contributed by atoms with Gasteiger partial charge in [0.15, 0.2) is 11.6 Å². The first kappa shape index (κ1) is 16.7. The Balaban J connectivity index is 2.34. The largest absolute Gasteiger partial charge is 0.496 e. The van der Waals surface area contributed by atoms with E-state index in [0.717, 1.165) is 24.3 Å². The molecule has 0 fully saturated rings. The molecule has 0 bridgehead atoms. The van der Waals surface area contributed by atoms with Gasteiger partial charge in [-0.1, -0.05) is 11.6 Å². The van der Waals surface area contributed by atoms with Gasteiger partial charge >= 0.3 is 5.97 Å². The Labute approximate surface area is 134 Å². The third-order valence-electron chi connectivity index (χ3n) is 2.95. The predicted octanol–water partition coefficient (Wildman–Crippen LogP) is 3.58. The van der Waals surface area contributed by atoms with Crippen LogP contribution in [0.1, 0.15) is 20.7 Å². The number of methoxy groups -OCH3 is 1. The van der Waals surface area contributed by atoms with Crippen LogP contribution in [0.3, 0.4) is 0 Å². The lowest BCUT2D eigenvalue weighted by Gasteiger charge is -2.11. The smallest absolute Gasteiger partial charge is 0.339 e. The Hall–Kier alpha value is -2.67. The average Bonchev–Trinajstić information content (AvgIpc) is 2.51. The van der Waals surface area contributed by atoms with E-state index >= 15 is 0 Å². The van der Waals surface area contributed by atoms with Crippen LogP contribution in [0.25, 0.3) is 0 Å². The molecule has 5 nitrogen and oxygen atoms in total. The van der Waals surface area contributed by atoms with Crippen molar-refractivity contribution in [1.29, 1.82) is 0 Å². The van der Waals surface area contributed by atoms with Gasteiger partial charge in [-0.2, -0.15) is 0 Å². The zero-order chi connectivity index (χ0) is 17.1. The van der Waals surface area contributed by atoms with Crippen molar-refractivity contribution in [3.8, 4) is 5.75 Å². The molecular formula is C15H10ClF2NO4. The highest BCUT2D eigenvalue weighted by Crippen LogP contribution is 2.31. The van der Waals surface area contributed by atoms with Crippen LogP contribution >= 0.6 is 11.6 Å². The molecular weight excluding hydrogens is 332 g/mol. The number of carboxylic acid groups (broad SMARTS) is 1. The summed E-state index contributed by atoms with van der Waals surface area (Å²) in [5.41, 5.74) is -0.229. The third-order valence-corrected chi connectivity index (χ3v) is 3.26. The zero-order valence-electron chi connectivity index (χ0n) is 11.7. The highest BCUT2D eigenvalue weighted by molar-refractivity contribution is 6.34. The maximum atomic E-state index is 13.2. The Morgan fingerprint density at radius 3 is 2.43 bits per heavy atom. The number of nitrogens with one attached hydrogen (secondary N) is 1. The molecule has 2 aromatic rings. The monoisotopic (exact) mass is 341 g/mol. The molecule has 0 aliphatic rings. The van der Waals surface area contributed by atoms with Gasteiger partial charge in [0, 0.05) is 11.6 Å². The van der Waals surface area contributed by atoms with E-state index in [1.165, 1.54) is 13.2 Å². The molecule has 0 saturated carbocycles. The molecule has 23 heavy (non-hydrogen) atoms. The number of ether oxygens (including phenoxy) is 1. The first-order chi connectivity index (χ1) is 10.8. The van der Waals surface area contributed by atoms with Crippen LogP contribution in [0.5, 0.6) is 5.75 Å². The van der Waals surface area contributed by atoms with Crippen molar-refractivity contribution in [2.75, 3.05) is 12.4 Å². The second-order valence-electron chi connectivity index (χ2n) is 4.42. The van der Waals surface area contributed by atoms with Crippen molar-refractivity contribution in [2.45, 2.75) is 0 Å². The number of carbonyl (C=O) groups excluding carboxylic acids is 1. The summed E-state index contributed by atoms with van der Waals surface area (Å²) in [6.45, 7) is 0. The molecule has 0 aliphatic carbocycles. The number of benzene rings is 2. The summed E-state index contributed by atoms with van der Waals surface area (Å²) >= 11 is 5.92. The van der Waals surface area contributed by atoms with Crippen LogP contribution in [-0.2, 0) is 0 Å². The average molecular weight is 342 g/mol. The van der Waals surface area contributed by atoms with Crippen LogP contribution < -0.4 is 10.1 Å². The summed E-state index contributed by atoms with van der Waals surface area (Å²) in [4.78, 5) is 23.1. The standard InChI is InChI=1S/C15H10ClF2NO4/c1-23-13-6-12(9(16)5-8(13)15(21)22)19-14(20)7-2-3-10(17)11(18)4-7/h2-6H,1H3,(H,19,20)(H,21,22). The normalized spacial score (nSPS) is 10.3. The van der Waals surface area contributed by atoms with Gasteiger partial charge in [-0.3, -0.25) is 4.79 Å². The van der Waals surface area contributed by atoms with Gasteiger partial charge in [0.1, 0.15) is 11.3 Å². The third kappa shape index (κ3) is 3.57. The lowest BCUT2D eigenvalue weighted by Crippen LogP contribution is -2.13. The molecule has 2 rings (SSSR count). The quantitative estimate of drug-likeness (QED) is 0.891. The number of carbonyl (C=O) groups is 2. The molecule has 0 spiro atoms. The SMILES string of the molecule is COc1cc(NC(=O)c2ccc(F)c(F)c2)c(Cl)cc1C(=O)O. The van der Waals surface area contributed by atoms with E-state index in [4.69, 9.17) is 21.4 Å². The lowest BCUT2D eigenvalue weighted by molar-refractivity contribution is 0.0693. The molecule has 1 amide bonds. The summed E-state index contributed by atoms with van der Waals surface area (Å²) in [7, 11) is 1.26. The molecule has 0 heterocycles. The molecule has 0 aromatic heterocycles. The van der Waals surface area contributed by atoms with Gasteiger partial charge in [0.25, 0.3) is 5.91 Å². The number of aromatic carboxylic acids is 1. The van der Waals surface area contributed by atoms with Crippen molar-refractivity contribution in [3.63, 3.8) is 0 Å². The highest BCUT2D eigenvalue weighted by Gasteiger charge is 2.17. The minimum absolute atomic E-state index is 0.0116. The minimum atomic E-state index is -1.25. The Bertz CT molecular complexity index is 795. The summed E-state index contributed by atoms with van der Waals surface area (Å²) in [5, 5.41) is 11.4. The summed E-state index contributed by atoms with van der Waals surface area (Å²) in [6.07, 6.45) is 0. The Morgan fingerprint density at radius 2 is 1.87 bits per heavy atom. The summed E-state index contributed by atoms with van der Waals surface area (Å²) in [6, 6.07) is 5.00. The van der Waals surface area contributed by atoms with E-state index in [-0.39, 0.29) is 27.6 Å². The second kappa shape index (κ2) is 6.62. The lowest BCUT2D eigenvalue weighted by atomic mass is 10.1. The van der Waals surface area contributed by atoms with Crippen LogP contribution in [0.2, 0.25) is 5.02 Å². The van der Waals surface area contributed by atoms with Crippen molar-refractivity contribution >= 4 is 29.2 Å². The molecule has 0 radical (unpaired) electrons. The van der Waals surface area contributed by atoms with Crippen molar-refractivity contribution in [1.82, 2.24) is 0 Å². The molecule has 2 N–H and O–H groups in total. The first-order valence-electron chi connectivity index (χ1n) is 6.20. The molecule has 0 saturated heterocycles. The van der Waals surface area contributed by atoms with Crippen LogP contribution in [-0.4, -0.2) is 24.1 Å². The van der Waals surface area contributed by atoms with Crippen molar-refractivity contribution in [3.05, 3.63) is 58.1 Å². The Morgan fingerprint density at radius 1 is 1.17 bits per heavy atom. The van der Waals surface area contributed by atoms with E-state index in [9.17, 15) is 18.4 Å². The van der Waals surface area contributed by atoms with Gasteiger partial charge in [0.2, 0.25) is 0 Å². The highest BCUT2D eigenvalue weighted by atomic mass is 35.5. The topological polar surface area (TPSA) is 75.6 Å². The fourth-order valence-electron chi connectivity index (χ4n) is 1.82. The van der Waals surface area contributed by atoms with Gasteiger partial charge in [-0.05, 0) is 24.3 Å². The molecule has 120 valence electrons. The van der Waals surface area contributed by atoms with Crippen LogP contribution in [0.4, 0.5) is 14.5 Å². The molecule has 0 unspecified atom stereocenters. The maximum absolute atomic E-state index is 13.2. The van der Waals surface area contributed by atoms with E-state index in [1.807, 2.05) is 0 Å². The van der Waals surface area contributed by atoms with Gasteiger partial charge in [-0.15, -0.1) is 0 Å². The Kier molecular flexibility index (Phi) is 4.80. The molecule has 0 atom stereocenters. The summed E-state index contributed by atoms with van der Waals surface area (Å²) < 4.78 is 30.9. The van der Waals surface area contributed by atoms with E-state index in [2.05, 4.69) is 5.32 Å². The fraction of sp³-hybridized carbons (Fsp3) is 0.0667. The van der Waals surface area contributed by atoms with Crippen molar-refractivity contribution in [2.24, 2.45) is 0 Å². The number of hydrogen-bond acceptors (Lipinski definition) is 3. The van der Waals surface area contributed by atoms with Gasteiger partial charge in [-0.25, -0.2) is 13.6 Å². The second-order valence-corrected chi connectivity index (χ2v) is 4.83. The van der Waals surface area contributed by atoms with Gasteiger partial charge in [0.05, 0.1) is 17.8 Å². The van der Waals surface area contributed by atoms with E-state index < -0.39 is 23.5 Å². The number of amides is 1. The van der Waals surface area contributed by atoms with E-state index in [0.29, 0.717) is 0 Å². The fourth-order valence-corrected chi connectivity index (χ4v) is 2.03. The number of rotatable bonds is 4. The zero-order valence-corrected chi connectivity index (χ0v) is 12.4. The number of carboxylic acids is 1. The van der Waals surface area contributed by atoms with E-state index in [1.54, 1.807) is 0 Å². The number of hydrogen-bond donors (Lipinski definition) is 2. The molecule has 8 heteroatoms. The maximum Gasteiger partial charge on any atom is 0.339 e. The van der Waals surface area contributed by atoms with Crippen LogP contribution in [0.15, 0.2) is 30.3 Å². The number of anilines is 1. The van der Waals surface area contributed by atoms with Crippen LogP contribution in [0, 0.1) is 11.6 Å². The van der Waals surface area contributed by atoms with Gasteiger partial charge < -0.3 is 15.2 Å². The predicted molar refractivity (Wildman–Crippen MR) is 79.3 cm³/mol. The first-order valence-corrected chi connectivity index (χ1v) is 6.58. The summed E-state index contributed by atoms with van der Waals surface area (Å²) in [5.74, 6) is -4.24.